The van der Waals surface area contributed by atoms with Crippen LogP contribution in [-0.4, -0.2) is 55.1 Å². The Labute approximate surface area is 141 Å². The lowest BCUT2D eigenvalue weighted by molar-refractivity contribution is -0.121. The molecule has 7 nitrogen and oxygen atoms in total. The molecule has 1 aromatic rings. The molecule has 2 N–H and O–H groups in total. The molecule has 8 heteroatoms. The van der Waals surface area contributed by atoms with E-state index in [9.17, 15) is 18.0 Å². The summed E-state index contributed by atoms with van der Waals surface area (Å²) in [6, 6.07) is 6.24. The third-order valence-electron chi connectivity index (χ3n) is 4.13. The van der Waals surface area contributed by atoms with E-state index in [1.165, 1.54) is 22.7 Å². The summed E-state index contributed by atoms with van der Waals surface area (Å²) in [5, 5.41) is 11.6. The summed E-state index contributed by atoms with van der Waals surface area (Å²) in [7, 11) is -3.23. The molecule has 132 valence electrons. The van der Waals surface area contributed by atoms with Crippen LogP contribution < -0.4 is 5.32 Å². The van der Waals surface area contributed by atoms with Gasteiger partial charge in [-0.2, -0.15) is 4.31 Å². The molecule has 1 fully saturated rings. The number of hydrogen-bond donors (Lipinski definition) is 2. The van der Waals surface area contributed by atoms with Crippen LogP contribution >= 0.6 is 0 Å². The first-order valence-corrected chi connectivity index (χ1v) is 9.68. The average Bonchev–Trinajstić information content (AvgIpc) is 3.00. The summed E-state index contributed by atoms with van der Waals surface area (Å²) < 4.78 is 24.7. The second kappa shape index (κ2) is 7.76. The van der Waals surface area contributed by atoms with Gasteiger partial charge in [-0.15, -0.1) is 0 Å². The Morgan fingerprint density at radius 2 is 1.96 bits per heavy atom. The maximum Gasteiger partial charge on any atom is 0.335 e. The van der Waals surface area contributed by atoms with Gasteiger partial charge in [0.05, 0.1) is 11.8 Å². The molecule has 1 aliphatic rings. The fourth-order valence-corrected chi connectivity index (χ4v) is 4.02. The summed E-state index contributed by atoms with van der Waals surface area (Å²) in [5.41, 5.74) is 1.10. The zero-order valence-electron chi connectivity index (χ0n) is 13.6. The van der Waals surface area contributed by atoms with Crippen molar-refractivity contribution in [1.82, 2.24) is 9.62 Å². The van der Waals surface area contributed by atoms with Crippen LogP contribution in [0.4, 0.5) is 0 Å². The minimum Gasteiger partial charge on any atom is -0.478 e. The smallest absolute Gasteiger partial charge is 0.335 e. The van der Waals surface area contributed by atoms with Gasteiger partial charge in [0.2, 0.25) is 15.9 Å². The quantitative estimate of drug-likeness (QED) is 0.756. The lowest BCUT2D eigenvalue weighted by Crippen LogP contribution is -2.42. The molecule has 0 radical (unpaired) electrons. The minimum absolute atomic E-state index is 0.141. The van der Waals surface area contributed by atoms with Gasteiger partial charge in [0.25, 0.3) is 0 Å². The number of rotatable bonds is 7. The number of hydrogen-bond acceptors (Lipinski definition) is 4. The largest absolute Gasteiger partial charge is 0.478 e. The van der Waals surface area contributed by atoms with Crippen molar-refractivity contribution in [2.24, 2.45) is 0 Å². The van der Waals surface area contributed by atoms with Crippen molar-refractivity contribution in [2.45, 2.75) is 31.7 Å². The standard InChI is InChI=1S/C16H22N2O5S/c1-24(22,23)18-10-2-3-14(18)11-17-15(19)9-6-12-4-7-13(8-5-12)16(20)21/h4-5,7-8,14H,2-3,6,9-11H2,1H3,(H,17,19)(H,20,21)/t14-/m1/s1. The SMILES string of the molecule is CS(=O)(=O)N1CCC[C@@H]1CNC(=O)CCc1ccc(C(=O)O)cc1. The fourth-order valence-electron chi connectivity index (χ4n) is 2.84. The highest BCUT2D eigenvalue weighted by molar-refractivity contribution is 7.88. The lowest BCUT2D eigenvalue weighted by Gasteiger charge is -2.22. The molecule has 24 heavy (non-hydrogen) atoms. The molecule has 2 rings (SSSR count). The van der Waals surface area contributed by atoms with Crippen LogP contribution in [0.2, 0.25) is 0 Å². The van der Waals surface area contributed by atoms with Crippen molar-refractivity contribution in [2.75, 3.05) is 19.3 Å². The number of carbonyl (C=O) groups excluding carboxylic acids is 1. The van der Waals surface area contributed by atoms with Crippen molar-refractivity contribution < 1.29 is 23.1 Å². The Morgan fingerprint density at radius 3 is 2.54 bits per heavy atom. The van der Waals surface area contributed by atoms with Crippen molar-refractivity contribution >= 4 is 21.9 Å². The number of nitrogens with zero attached hydrogens (tertiary/aromatic N) is 1. The molecular formula is C16H22N2O5S. The van der Waals surface area contributed by atoms with Crippen LogP contribution in [0.3, 0.4) is 0 Å². The van der Waals surface area contributed by atoms with Crippen molar-refractivity contribution in [3.8, 4) is 0 Å². The monoisotopic (exact) mass is 354 g/mol. The lowest BCUT2D eigenvalue weighted by atomic mass is 10.1. The number of amides is 1. The predicted molar refractivity (Wildman–Crippen MR) is 89.3 cm³/mol. The van der Waals surface area contributed by atoms with Crippen molar-refractivity contribution in [1.29, 1.82) is 0 Å². The fraction of sp³-hybridized carbons (Fsp3) is 0.500. The van der Waals surface area contributed by atoms with E-state index in [0.29, 0.717) is 19.5 Å². The first kappa shape index (κ1) is 18.4. The van der Waals surface area contributed by atoms with E-state index in [-0.39, 0.29) is 23.9 Å². The number of aromatic carboxylic acids is 1. The van der Waals surface area contributed by atoms with Crippen LogP contribution in [0.15, 0.2) is 24.3 Å². The molecular weight excluding hydrogens is 332 g/mol. The summed E-state index contributed by atoms with van der Waals surface area (Å²) >= 11 is 0. The third-order valence-corrected chi connectivity index (χ3v) is 5.46. The highest BCUT2D eigenvalue weighted by atomic mass is 32.2. The third kappa shape index (κ3) is 5.04. The average molecular weight is 354 g/mol. The highest BCUT2D eigenvalue weighted by Crippen LogP contribution is 2.19. The molecule has 1 aromatic carbocycles. The molecule has 0 aromatic heterocycles. The zero-order valence-corrected chi connectivity index (χ0v) is 14.4. The van der Waals surface area contributed by atoms with Gasteiger partial charge in [0.1, 0.15) is 0 Å². The van der Waals surface area contributed by atoms with Crippen LogP contribution in [-0.2, 0) is 21.2 Å². The number of sulfonamides is 1. The Balaban J connectivity index is 1.78. The molecule has 1 aliphatic heterocycles. The normalized spacial score (nSPS) is 18.5. The summed E-state index contributed by atoms with van der Waals surface area (Å²) in [6.07, 6.45) is 3.53. The Bertz CT molecular complexity index is 700. The molecule has 0 bridgehead atoms. The van der Waals surface area contributed by atoms with E-state index in [1.807, 2.05) is 0 Å². The Kier molecular flexibility index (Phi) is 5.95. The van der Waals surface area contributed by atoms with E-state index >= 15 is 0 Å². The van der Waals surface area contributed by atoms with Gasteiger partial charge in [-0.3, -0.25) is 4.79 Å². The number of aryl methyl sites for hydroxylation is 1. The highest BCUT2D eigenvalue weighted by Gasteiger charge is 2.31. The van der Waals surface area contributed by atoms with Crippen LogP contribution in [0.1, 0.15) is 35.2 Å². The predicted octanol–water partition coefficient (Wildman–Crippen LogP) is 0.858. The molecule has 1 saturated heterocycles. The van der Waals surface area contributed by atoms with Gasteiger partial charge >= 0.3 is 5.97 Å². The Morgan fingerprint density at radius 1 is 1.29 bits per heavy atom. The van der Waals surface area contributed by atoms with Gasteiger partial charge in [-0.1, -0.05) is 12.1 Å². The molecule has 0 spiro atoms. The van der Waals surface area contributed by atoms with E-state index in [2.05, 4.69) is 5.32 Å². The van der Waals surface area contributed by atoms with Gasteiger partial charge in [0, 0.05) is 25.6 Å². The topological polar surface area (TPSA) is 104 Å². The van der Waals surface area contributed by atoms with Crippen molar-refractivity contribution in [3.63, 3.8) is 0 Å². The number of nitrogens with one attached hydrogen (secondary N) is 1. The van der Waals surface area contributed by atoms with E-state index in [1.54, 1.807) is 12.1 Å². The van der Waals surface area contributed by atoms with E-state index in [4.69, 9.17) is 5.11 Å². The maximum atomic E-state index is 11.9. The van der Waals surface area contributed by atoms with Gasteiger partial charge < -0.3 is 10.4 Å². The summed E-state index contributed by atoms with van der Waals surface area (Å²) in [5.74, 6) is -1.12. The molecule has 0 saturated carbocycles. The van der Waals surface area contributed by atoms with Crippen molar-refractivity contribution in [3.05, 3.63) is 35.4 Å². The van der Waals surface area contributed by atoms with Crippen LogP contribution in [0.5, 0.6) is 0 Å². The summed E-state index contributed by atoms with van der Waals surface area (Å²) in [6.45, 7) is 0.832. The van der Waals surface area contributed by atoms with Gasteiger partial charge in [0.15, 0.2) is 0 Å². The number of carboxylic acid groups (broad SMARTS) is 1. The maximum absolute atomic E-state index is 11.9. The zero-order chi connectivity index (χ0) is 17.7. The van der Waals surface area contributed by atoms with Crippen LogP contribution in [0.25, 0.3) is 0 Å². The minimum atomic E-state index is -3.23. The number of carbonyl (C=O) groups is 2. The van der Waals surface area contributed by atoms with E-state index < -0.39 is 16.0 Å². The first-order chi connectivity index (χ1) is 11.3. The first-order valence-electron chi connectivity index (χ1n) is 7.83. The molecule has 0 aliphatic carbocycles. The molecule has 1 heterocycles. The molecule has 1 atom stereocenters. The van der Waals surface area contributed by atoms with E-state index in [0.717, 1.165) is 18.4 Å². The second-order valence-corrected chi connectivity index (χ2v) is 7.91. The van der Waals surface area contributed by atoms with Gasteiger partial charge in [-0.25, -0.2) is 13.2 Å². The molecule has 1 amide bonds. The number of benzene rings is 1. The molecule has 0 unspecified atom stereocenters. The van der Waals surface area contributed by atoms with Crippen LogP contribution in [0, 0.1) is 0 Å². The summed E-state index contributed by atoms with van der Waals surface area (Å²) in [4.78, 5) is 22.7. The Hall–Kier alpha value is -1.93. The second-order valence-electron chi connectivity index (χ2n) is 5.98. The number of carboxylic acids is 1. The van der Waals surface area contributed by atoms with Gasteiger partial charge in [-0.05, 0) is 37.0 Å².